The molecule has 2 aliphatic rings. The van der Waals surface area contributed by atoms with E-state index in [0.717, 1.165) is 56.7 Å². The van der Waals surface area contributed by atoms with E-state index >= 15 is 0 Å². The smallest absolute Gasteiger partial charge is 0.337 e. The molecule has 4 rings (SSSR count). The molecule has 33 heavy (non-hydrogen) atoms. The van der Waals surface area contributed by atoms with Gasteiger partial charge in [0, 0.05) is 25.8 Å². The highest BCUT2D eigenvalue weighted by atomic mass is 32.2. The fourth-order valence-electron chi connectivity index (χ4n) is 4.72. The van der Waals surface area contributed by atoms with E-state index in [1.54, 1.807) is 18.2 Å². The van der Waals surface area contributed by atoms with Crippen molar-refractivity contribution >= 4 is 27.5 Å². The zero-order chi connectivity index (χ0) is 23.6. The lowest BCUT2D eigenvalue weighted by molar-refractivity contribution is 0.0696. The summed E-state index contributed by atoms with van der Waals surface area (Å²) in [7, 11) is -3.91. The summed E-state index contributed by atoms with van der Waals surface area (Å²) in [6.45, 7) is 8.63. The number of aromatic carboxylic acids is 1. The van der Waals surface area contributed by atoms with Gasteiger partial charge in [0.05, 0.1) is 16.1 Å². The van der Waals surface area contributed by atoms with E-state index in [-0.39, 0.29) is 16.1 Å². The highest BCUT2D eigenvalue weighted by Gasteiger charge is 2.27. The molecule has 0 radical (unpaired) electrons. The van der Waals surface area contributed by atoms with Crippen molar-refractivity contribution in [1.29, 1.82) is 0 Å². The Hall–Kier alpha value is -2.65. The molecule has 0 spiro atoms. The molecule has 0 amide bonds. The molecule has 2 N–H and O–H groups in total. The van der Waals surface area contributed by atoms with Crippen LogP contribution in [-0.2, 0) is 10.0 Å². The Kier molecular flexibility index (Phi) is 6.90. The second kappa shape index (κ2) is 9.69. The number of carboxylic acids is 1. The van der Waals surface area contributed by atoms with E-state index in [1.807, 2.05) is 13.8 Å². The first-order valence-electron chi connectivity index (χ1n) is 11.5. The van der Waals surface area contributed by atoms with Gasteiger partial charge in [-0.15, -0.1) is 0 Å². The number of hydrogen-bond donors (Lipinski definition) is 2. The molecule has 9 heteroatoms. The molecular weight excluding hydrogens is 440 g/mol. The number of nitrogens with one attached hydrogen (secondary N) is 1. The molecule has 178 valence electrons. The molecular formula is C24H32N4O4S. The fraction of sp³-hybridized carbons (Fsp3) is 0.500. The summed E-state index contributed by atoms with van der Waals surface area (Å²) in [5.41, 5.74) is 2.02. The van der Waals surface area contributed by atoms with Gasteiger partial charge >= 0.3 is 5.97 Å². The summed E-state index contributed by atoms with van der Waals surface area (Å²) in [5.74, 6) is -0.188. The van der Waals surface area contributed by atoms with Gasteiger partial charge in [0.2, 0.25) is 0 Å². The summed E-state index contributed by atoms with van der Waals surface area (Å²) < 4.78 is 29.0. The third kappa shape index (κ3) is 5.47. The van der Waals surface area contributed by atoms with Crippen LogP contribution in [-0.4, -0.2) is 62.1 Å². The van der Waals surface area contributed by atoms with Crippen LogP contribution in [0.4, 0.5) is 11.5 Å². The van der Waals surface area contributed by atoms with Gasteiger partial charge < -0.3 is 14.9 Å². The molecule has 2 aliphatic heterocycles. The van der Waals surface area contributed by atoms with Crippen molar-refractivity contribution in [2.45, 2.75) is 44.4 Å². The molecule has 2 fully saturated rings. The second-order valence-corrected chi connectivity index (χ2v) is 10.9. The van der Waals surface area contributed by atoms with Crippen molar-refractivity contribution in [3.63, 3.8) is 0 Å². The van der Waals surface area contributed by atoms with E-state index in [1.165, 1.54) is 25.1 Å². The van der Waals surface area contributed by atoms with Crippen molar-refractivity contribution in [2.24, 2.45) is 5.92 Å². The van der Waals surface area contributed by atoms with Crippen LogP contribution >= 0.6 is 0 Å². The largest absolute Gasteiger partial charge is 0.478 e. The average molecular weight is 473 g/mol. The lowest BCUT2D eigenvalue weighted by Crippen LogP contribution is -2.41. The number of pyridine rings is 1. The molecule has 0 aliphatic carbocycles. The van der Waals surface area contributed by atoms with Crippen molar-refractivity contribution in [1.82, 2.24) is 9.88 Å². The van der Waals surface area contributed by atoms with Gasteiger partial charge in [-0.2, -0.15) is 0 Å². The monoisotopic (exact) mass is 472 g/mol. The van der Waals surface area contributed by atoms with Gasteiger partial charge in [-0.1, -0.05) is 6.07 Å². The van der Waals surface area contributed by atoms with Gasteiger partial charge in [-0.3, -0.25) is 4.72 Å². The van der Waals surface area contributed by atoms with Crippen molar-refractivity contribution < 1.29 is 18.3 Å². The molecule has 8 nitrogen and oxygen atoms in total. The van der Waals surface area contributed by atoms with E-state index in [9.17, 15) is 18.3 Å². The van der Waals surface area contributed by atoms with E-state index < -0.39 is 16.0 Å². The van der Waals surface area contributed by atoms with Crippen molar-refractivity contribution in [2.75, 3.05) is 42.3 Å². The van der Waals surface area contributed by atoms with Gasteiger partial charge in [0.25, 0.3) is 10.0 Å². The number of aryl methyl sites for hydroxylation is 2. The molecule has 0 unspecified atom stereocenters. The lowest BCUT2D eigenvalue weighted by Gasteiger charge is -2.36. The Morgan fingerprint density at radius 2 is 1.88 bits per heavy atom. The normalized spacial score (nSPS) is 19.6. The number of nitrogens with zero attached hydrogens (tertiary/aromatic N) is 3. The summed E-state index contributed by atoms with van der Waals surface area (Å²) in [6.07, 6.45) is 5.92. The molecule has 1 atom stereocenters. The average Bonchev–Trinajstić information content (AvgIpc) is 3.28. The summed E-state index contributed by atoms with van der Waals surface area (Å²) in [4.78, 5) is 20.7. The van der Waals surface area contributed by atoms with E-state index in [0.29, 0.717) is 11.7 Å². The minimum atomic E-state index is -3.91. The molecule has 2 aromatic rings. The van der Waals surface area contributed by atoms with Crippen molar-refractivity contribution in [3.8, 4) is 0 Å². The minimum absolute atomic E-state index is 0.0536. The molecule has 0 bridgehead atoms. The lowest BCUT2D eigenvalue weighted by atomic mass is 9.97. The van der Waals surface area contributed by atoms with Crippen LogP contribution in [0.15, 0.2) is 35.4 Å². The molecule has 1 aromatic carbocycles. The number of likely N-dealkylation sites (tertiary alicyclic amines) is 1. The Balaban J connectivity index is 1.62. The molecule has 0 saturated carbocycles. The standard InChI is InChI=1S/C24H32N4O4S/c1-17-7-8-21(12-18(17)2)33(31,32)26-22-13-20(24(29)30)14-25-23(22)28-11-5-6-19(16-28)15-27-9-3-4-10-27/h7-8,12-14,19,26H,3-6,9-11,15-16H2,1-2H3,(H,29,30)/t19-/m1/s1. The molecule has 2 saturated heterocycles. The molecule has 3 heterocycles. The first kappa shape index (κ1) is 23.5. The Morgan fingerprint density at radius 1 is 1.12 bits per heavy atom. The van der Waals surface area contributed by atoms with Gasteiger partial charge in [-0.25, -0.2) is 18.2 Å². The predicted molar refractivity (Wildman–Crippen MR) is 129 cm³/mol. The fourth-order valence-corrected chi connectivity index (χ4v) is 5.86. The quantitative estimate of drug-likeness (QED) is 0.636. The number of carboxylic acid groups (broad SMARTS) is 1. The number of carbonyl (C=O) groups is 1. The van der Waals surface area contributed by atoms with Gasteiger partial charge in [0.1, 0.15) is 0 Å². The third-order valence-corrected chi connectivity index (χ3v) is 8.04. The second-order valence-electron chi connectivity index (χ2n) is 9.21. The molecule has 1 aromatic heterocycles. The Labute approximate surface area is 195 Å². The predicted octanol–water partition coefficient (Wildman–Crippen LogP) is 3.51. The number of anilines is 2. The summed E-state index contributed by atoms with van der Waals surface area (Å²) >= 11 is 0. The van der Waals surface area contributed by atoms with Crippen LogP contribution < -0.4 is 9.62 Å². The van der Waals surface area contributed by atoms with Crippen molar-refractivity contribution in [3.05, 3.63) is 47.2 Å². The highest BCUT2D eigenvalue weighted by molar-refractivity contribution is 7.92. The van der Waals surface area contributed by atoms with Gasteiger partial charge in [0.15, 0.2) is 5.82 Å². The maximum atomic E-state index is 13.2. The maximum absolute atomic E-state index is 13.2. The zero-order valence-electron chi connectivity index (χ0n) is 19.2. The summed E-state index contributed by atoms with van der Waals surface area (Å²) in [6, 6.07) is 6.32. The van der Waals surface area contributed by atoms with Crippen LogP contribution in [0, 0.1) is 19.8 Å². The number of aromatic nitrogens is 1. The topological polar surface area (TPSA) is 103 Å². The number of sulfonamides is 1. The van der Waals surface area contributed by atoms with E-state index in [4.69, 9.17) is 0 Å². The minimum Gasteiger partial charge on any atom is -0.478 e. The van der Waals surface area contributed by atoms with Crippen LogP contribution in [0.25, 0.3) is 0 Å². The van der Waals surface area contributed by atoms with Crippen LogP contribution in [0.5, 0.6) is 0 Å². The zero-order valence-corrected chi connectivity index (χ0v) is 20.1. The summed E-state index contributed by atoms with van der Waals surface area (Å²) in [5, 5.41) is 9.46. The Bertz CT molecular complexity index is 1130. The maximum Gasteiger partial charge on any atom is 0.337 e. The Morgan fingerprint density at radius 3 is 2.58 bits per heavy atom. The van der Waals surface area contributed by atoms with Crippen LogP contribution in [0.2, 0.25) is 0 Å². The number of rotatable bonds is 7. The number of benzene rings is 1. The number of hydrogen-bond acceptors (Lipinski definition) is 6. The van der Waals surface area contributed by atoms with E-state index in [2.05, 4.69) is 19.5 Å². The SMILES string of the molecule is Cc1ccc(S(=O)(=O)Nc2cc(C(=O)O)cnc2N2CCC[C@H](CN3CCCC3)C2)cc1C. The number of piperidine rings is 1. The third-order valence-electron chi connectivity index (χ3n) is 6.68. The van der Waals surface area contributed by atoms with Crippen LogP contribution in [0.3, 0.4) is 0 Å². The highest BCUT2D eigenvalue weighted by Crippen LogP contribution is 2.31. The first-order valence-corrected chi connectivity index (χ1v) is 13.0. The first-order chi connectivity index (χ1) is 15.7. The van der Waals surface area contributed by atoms with Gasteiger partial charge in [-0.05, 0) is 87.9 Å². The van der Waals surface area contributed by atoms with Crippen LogP contribution in [0.1, 0.15) is 47.2 Å².